The number of rotatable bonds is 3. The normalized spacial score (nSPS) is 11.9. The number of sulfonamides is 1. The van der Waals surface area contributed by atoms with Crippen molar-refractivity contribution >= 4 is 10.0 Å². The van der Waals surface area contributed by atoms with Crippen molar-refractivity contribution < 1.29 is 8.42 Å². The lowest BCUT2D eigenvalue weighted by molar-refractivity contribution is 0.582. The smallest absolute Gasteiger partial charge is 0.244 e. The lowest BCUT2D eigenvalue weighted by atomic mass is 10.4. The van der Waals surface area contributed by atoms with Gasteiger partial charge in [-0.1, -0.05) is 6.92 Å². The van der Waals surface area contributed by atoms with Gasteiger partial charge in [0.15, 0.2) is 0 Å². The van der Waals surface area contributed by atoms with Crippen molar-refractivity contribution in [2.75, 3.05) is 6.54 Å². The van der Waals surface area contributed by atoms with Gasteiger partial charge in [-0.25, -0.2) is 13.1 Å². The summed E-state index contributed by atoms with van der Waals surface area (Å²) in [5, 5.41) is 6.45. The Hall–Kier alpha value is -0.880. The Morgan fingerprint density at radius 2 is 2.08 bits per heavy atom. The highest BCUT2D eigenvalue weighted by molar-refractivity contribution is 7.89. The molecule has 0 aromatic carbocycles. The first-order chi connectivity index (χ1) is 5.99. The molecule has 74 valence electrons. The molecule has 13 heavy (non-hydrogen) atoms. The summed E-state index contributed by atoms with van der Waals surface area (Å²) in [4.78, 5) is 0.259. The van der Waals surface area contributed by atoms with Crippen molar-refractivity contribution in [1.82, 2.24) is 14.9 Å². The van der Waals surface area contributed by atoms with Gasteiger partial charge >= 0.3 is 0 Å². The SMILES string of the molecule is CCNS(=O)(=O)c1c(C)n[nH]c1C. The van der Waals surface area contributed by atoms with Gasteiger partial charge in [-0.05, 0) is 13.8 Å². The number of H-pyrrole nitrogens is 1. The van der Waals surface area contributed by atoms with Gasteiger partial charge in [-0.15, -0.1) is 0 Å². The zero-order chi connectivity index (χ0) is 10.1. The minimum absolute atomic E-state index is 0.259. The lowest BCUT2D eigenvalue weighted by Gasteiger charge is -2.03. The highest BCUT2D eigenvalue weighted by Gasteiger charge is 2.20. The fraction of sp³-hybridized carbons (Fsp3) is 0.571. The van der Waals surface area contributed by atoms with Crippen molar-refractivity contribution in [3.8, 4) is 0 Å². The Kier molecular flexibility index (Phi) is 2.72. The summed E-state index contributed by atoms with van der Waals surface area (Å²) in [5.41, 5.74) is 1.07. The van der Waals surface area contributed by atoms with Crippen molar-refractivity contribution in [3.63, 3.8) is 0 Å². The topological polar surface area (TPSA) is 74.8 Å². The quantitative estimate of drug-likeness (QED) is 0.743. The van der Waals surface area contributed by atoms with Crippen LogP contribution in [0, 0.1) is 13.8 Å². The van der Waals surface area contributed by atoms with E-state index in [1.165, 1.54) is 0 Å². The van der Waals surface area contributed by atoms with Gasteiger partial charge in [0.25, 0.3) is 0 Å². The fourth-order valence-corrected chi connectivity index (χ4v) is 2.61. The predicted octanol–water partition coefficient (Wildman–Crippen LogP) is 0.325. The minimum atomic E-state index is -3.37. The Labute approximate surface area is 77.6 Å². The van der Waals surface area contributed by atoms with E-state index in [1.807, 2.05) is 0 Å². The first kappa shape index (κ1) is 10.2. The van der Waals surface area contributed by atoms with Crippen LogP contribution in [0.5, 0.6) is 0 Å². The zero-order valence-electron chi connectivity index (χ0n) is 7.88. The Morgan fingerprint density at radius 3 is 2.46 bits per heavy atom. The number of aryl methyl sites for hydroxylation is 2. The average molecular weight is 203 g/mol. The molecule has 0 amide bonds. The van der Waals surface area contributed by atoms with E-state index >= 15 is 0 Å². The standard InChI is InChI=1S/C7H13N3O2S/c1-4-8-13(11,12)7-5(2)9-10-6(7)3/h8H,4H2,1-3H3,(H,9,10). The van der Waals surface area contributed by atoms with Gasteiger partial charge in [-0.2, -0.15) is 5.10 Å². The zero-order valence-corrected chi connectivity index (χ0v) is 8.70. The molecule has 6 heteroatoms. The van der Waals surface area contributed by atoms with Gasteiger partial charge in [0.2, 0.25) is 10.0 Å². The van der Waals surface area contributed by atoms with Crippen molar-refractivity contribution in [1.29, 1.82) is 0 Å². The molecule has 1 aromatic heterocycles. The maximum Gasteiger partial charge on any atom is 0.244 e. The molecule has 1 heterocycles. The van der Waals surface area contributed by atoms with Crippen LogP contribution in [-0.4, -0.2) is 25.2 Å². The molecule has 5 nitrogen and oxygen atoms in total. The van der Waals surface area contributed by atoms with Crippen molar-refractivity contribution in [3.05, 3.63) is 11.4 Å². The summed E-state index contributed by atoms with van der Waals surface area (Å²) in [6, 6.07) is 0. The maximum atomic E-state index is 11.6. The van der Waals surface area contributed by atoms with Crippen LogP contribution in [0.1, 0.15) is 18.3 Å². The predicted molar refractivity (Wildman–Crippen MR) is 48.9 cm³/mol. The van der Waals surface area contributed by atoms with E-state index in [4.69, 9.17) is 0 Å². The number of aromatic nitrogens is 2. The summed E-state index contributed by atoms with van der Waals surface area (Å²) in [5.74, 6) is 0. The molecular formula is C7H13N3O2S. The van der Waals surface area contributed by atoms with Crippen LogP contribution in [-0.2, 0) is 10.0 Å². The van der Waals surface area contributed by atoms with E-state index in [2.05, 4.69) is 14.9 Å². The summed E-state index contributed by atoms with van der Waals surface area (Å²) in [6.45, 7) is 5.46. The van der Waals surface area contributed by atoms with Crippen LogP contribution >= 0.6 is 0 Å². The molecule has 0 aliphatic heterocycles. The second-order valence-electron chi connectivity index (χ2n) is 2.76. The second-order valence-corrected chi connectivity index (χ2v) is 4.47. The second kappa shape index (κ2) is 3.47. The number of aromatic amines is 1. The molecule has 0 fully saturated rings. The minimum Gasteiger partial charge on any atom is -0.281 e. The molecule has 0 saturated heterocycles. The third-order valence-corrected chi connectivity index (χ3v) is 3.47. The van der Waals surface area contributed by atoms with Crippen LogP contribution in [0.15, 0.2) is 4.90 Å². The molecule has 1 rings (SSSR count). The number of hydrogen-bond acceptors (Lipinski definition) is 3. The number of hydrogen-bond donors (Lipinski definition) is 2. The molecule has 2 N–H and O–H groups in total. The number of nitrogens with zero attached hydrogens (tertiary/aromatic N) is 1. The molecule has 0 radical (unpaired) electrons. The molecule has 0 bridgehead atoms. The van der Waals surface area contributed by atoms with Crippen molar-refractivity contribution in [2.24, 2.45) is 0 Å². The lowest BCUT2D eigenvalue weighted by Crippen LogP contribution is -2.24. The largest absolute Gasteiger partial charge is 0.281 e. The van der Waals surface area contributed by atoms with E-state index in [0.717, 1.165) is 0 Å². The summed E-state index contributed by atoms with van der Waals surface area (Å²) in [7, 11) is -3.37. The highest BCUT2D eigenvalue weighted by Crippen LogP contribution is 2.15. The van der Waals surface area contributed by atoms with Crippen LogP contribution in [0.4, 0.5) is 0 Å². The van der Waals surface area contributed by atoms with Crippen LogP contribution in [0.3, 0.4) is 0 Å². The Balaban J connectivity index is 3.21. The summed E-state index contributed by atoms with van der Waals surface area (Å²) in [6.07, 6.45) is 0. The summed E-state index contributed by atoms with van der Waals surface area (Å²) < 4.78 is 25.5. The molecule has 0 atom stereocenters. The van der Waals surface area contributed by atoms with E-state index in [9.17, 15) is 8.42 Å². The fourth-order valence-electron chi connectivity index (χ4n) is 1.20. The highest BCUT2D eigenvalue weighted by atomic mass is 32.2. The molecule has 1 aromatic rings. The third kappa shape index (κ3) is 1.89. The van der Waals surface area contributed by atoms with Gasteiger partial charge in [0.05, 0.1) is 11.4 Å². The molecule has 0 unspecified atom stereocenters. The Bertz CT molecular complexity index is 374. The molecule has 0 aliphatic carbocycles. The van der Waals surface area contributed by atoms with E-state index in [-0.39, 0.29) is 4.90 Å². The molecular weight excluding hydrogens is 190 g/mol. The van der Waals surface area contributed by atoms with Gasteiger partial charge < -0.3 is 0 Å². The van der Waals surface area contributed by atoms with Gasteiger partial charge in [0.1, 0.15) is 4.90 Å². The number of nitrogens with one attached hydrogen (secondary N) is 2. The van der Waals surface area contributed by atoms with Crippen molar-refractivity contribution in [2.45, 2.75) is 25.7 Å². The van der Waals surface area contributed by atoms with Gasteiger partial charge in [-0.3, -0.25) is 5.10 Å². The Morgan fingerprint density at radius 1 is 1.46 bits per heavy atom. The average Bonchev–Trinajstić information content (AvgIpc) is 2.31. The molecule has 0 aliphatic rings. The van der Waals surface area contributed by atoms with E-state index in [0.29, 0.717) is 17.9 Å². The van der Waals surface area contributed by atoms with E-state index in [1.54, 1.807) is 20.8 Å². The maximum absolute atomic E-state index is 11.6. The first-order valence-electron chi connectivity index (χ1n) is 4.00. The van der Waals surface area contributed by atoms with Crippen LogP contribution in [0.2, 0.25) is 0 Å². The third-order valence-electron chi connectivity index (χ3n) is 1.66. The molecule has 0 spiro atoms. The van der Waals surface area contributed by atoms with Crippen LogP contribution < -0.4 is 4.72 Å². The molecule has 0 saturated carbocycles. The van der Waals surface area contributed by atoms with E-state index < -0.39 is 10.0 Å². The first-order valence-corrected chi connectivity index (χ1v) is 5.48. The van der Waals surface area contributed by atoms with Crippen LogP contribution in [0.25, 0.3) is 0 Å². The monoisotopic (exact) mass is 203 g/mol. The summed E-state index contributed by atoms with van der Waals surface area (Å²) >= 11 is 0. The van der Waals surface area contributed by atoms with Gasteiger partial charge in [0, 0.05) is 6.54 Å².